The van der Waals surface area contributed by atoms with Crippen LogP contribution in [0.4, 0.5) is 0 Å². The van der Waals surface area contributed by atoms with Gasteiger partial charge >= 0.3 is 0 Å². The van der Waals surface area contributed by atoms with Crippen LogP contribution < -0.4 is 5.32 Å². The molecule has 4 heteroatoms. The maximum absolute atomic E-state index is 10.6. The van der Waals surface area contributed by atoms with Gasteiger partial charge in [-0.25, -0.2) is 4.98 Å². The number of thiazole rings is 1. The van der Waals surface area contributed by atoms with Crippen LogP contribution in [0.25, 0.3) is 10.2 Å². The number of fused-ring (bicyclic) bond motifs is 1. The molecule has 3 nitrogen and oxygen atoms in total. The first-order valence-corrected chi connectivity index (χ1v) is 8.69. The summed E-state index contributed by atoms with van der Waals surface area (Å²) in [6, 6.07) is 8.42. The Morgan fingerprint density at radius 2 is 2.10 bits per heavy atom. The lowest BCUT2D eigenvalue weighted by molar-refractivity contribution is -0.00783. The molecule has 21 heavy (non-hydrogen) atoms. The molecule has 0 bridgehead atoms. The molecule has 1 unspecified atom stereocenters. The molecule has 1 heterocycles. The van der Waals surface area contributed by atoms with E-state index in [0.29, 0.717) is 6.54 Å². The second kappa shape index (κ2) is 6.03. The number of nitrogens with one attached hydrogen (secondary N) is 1. The minimum atomic E-state index is -0.530. The predicted molar refractivity (Wildman–Crippen MR) is 88.6 cm³/mol. The van der Waals surface area contributed by atoms with E-state index in [0.717, 1.165) is 42.1 Å². The fourth-order valence-electron chi connectivity index (χ4n) is 2.98. The van der Waals surface area contributed by atoms with Gasteiger partial charge in [-0.15, -0.1) is 11.3 Å². The summed E-state index contributed by atoms with van der Waals surface area (Å²) in [6.07, 6.45) is 4.09. The van der Waals surface area contributed by atoms with Crippen molar-refractivity contribution in [2.45, 2.75) is 51.2 Å². The van der Waals surface area contributed by atoms with Crippen LogP contribution >= 0.6 is 11.3 Å². The number of aliphatic hydroxyl groups is 1. The minimum Gasteiger partial charge on any atom is -0.389 e. The zero-order valence-electron chi connectivity index (χ0n) is 12.8. The molecule has 1 saturated carbocycles. The molecule has 0 amide bonds. The van der Waals surface area contributed by atoms with E-state index >= 15 is 0 Å². The molecule has 1 aromatic heterocycles. The van der Waals surface area contributed by atoms with E-state index in [1.54, 1.807) is 11.3 Å². The highest BCUT2D eigenvalue weighted by atomic mass is 32.1. The van der Waals surface area contributed by atoms with Gasteiger partial charge in [-0.2, -0.15) is 0 Å². The molecule has 1 aliphatic rings. The highest BCUT2D eigenvalue weighted by Gasteiger charge is 2.32. The molecule has 3 rings (SSSR count). The summed E-state index contributed by atoms with van der Waals surface area (Å²) < 4.78 is 1.23. The van der Waals surface area contributed by atoms with E-state index in [9.17, 15) is 5.11 Å². The Hall–Kier alpha value is -0.970. The average molecular weight is 304 g/mol. The van der Waals surface area contributed by atoms with Crippen molar-refractivity contribution in [3.8, 4) is 0 Å². The monoisotopic (exact) mass is 304 g/mol. The van der Waals surface area contributed by atoms with Crippen LogP contribution in [0.2, 0.25) is 0 Å². The van der Waals surface area contributed by atoms with Crippen LogP contribution in [0.1, 0.15) is 50.6 Å². The Balaban J connectivity index is 1.62. The van der Waals surface area contributed by atoms with Gasteiger partial charge in [0.25, 0.3) is 0 Å². The summed E-state index contributed by atoms with van der Waals surface area (Å²) in [5, 5.41) is 15.2. The fourth-order valence-corrected chi connectivity index (χ4v) is 3.98. The largest absolute Gasteiger partial charge is 0.389 e. The van der Waals surface area contributed by atoms with Crippen molar-refractivity contribution in [3.05, 3.63) is 29.3 Å². The topological polar surface area (TPSA) is 45.1 Å². The molecule has 0 saturated heterocycles. The van der Waals surface area contributed by atoms with Crippen molar-refractivity contribution >= 4 is 21.6 Å². The number of rotatable bonds is 4. The van der Waals surface area contributed by atoms with Crippen LogP contribution in [0, 0.1) is 5.92 Å². The maximum atomic E-state index is 10.6. The van der Waals surface area contributed by atoms with Gasteiger partial charge in [0.2, 0.25) is 0 Å². The lowest BCUT2D eigenvalue weighted by Crippen LogP contribution is -2.44. The Kier molecular flexibility index (Phi) is 4.29. The van der Waals surface area contributed by atoms with E-state index < -0.39 is 5.60 Å². The normalized spacial score (nSPS) is 27.9. The third-order valence-corrected chi connectivity index (χ3v) is 5.84. The second-order valence-electron chi connectivity index (χ2n) is 6.53. The predicted octanol–water partition coefficient (Wildman–Crippen LogP) is 3.89. The Labute approximate surface area is 130 Å². The Bertz CT molecular complexity index is 569. The van der Waals surface area contributed by atoms with Crippen LogP contribution in [-0.4, -0.2) is 22.2 Å². The second-order valence-corrected chi connectivity index (χ2v) is 7.59. The molecule has 0 radical (unpaired) electrons. The molecular formula is C17H24N2OS. The molecular weight excluding hydrogens is 280 g/mol. The third-order valence-electron chi connectivity index (χ3n) is 4.62. The fraction of sp³-hybridized carbons (Fsp3) is 0.588. The first-order valence-electron chi connectivity index (χ1n) is 7.87. The highest BCUT2D eigenvalue weighted by Crippen LogP contribution is 2.32. The van der Waals surface area contributed by atoms with Gasteiger partial charge < -0.3 is 10.4 Å². The number of hydrogen-bond donors (Lipinski definition) is 2. The lowest BCUT2D eigenvalue weighted by atomic mass is 9.79. The zero-order valence-corrected chi connectivity index (χ0v) is 13.6. The van der Waals surface area contributed by atoms with Crippen molar-refractivity contribution in [2.75, 3.05) is 6.54 Å². The standard InChI is InChI=1S/C17H24N2OS/c1-12-7-9-17(20,10-8-12)11-18-13(2)16-19-14-5-3-4-6-15(14)21-16/h3-6,12-13,18,20H,7-11H2,1-2H3. The number of benzene rings is 1. The summed E-state index contributed by atoms with van der Waals surface area (Å²) in [5.74, 6) is 0.756. The quantitative estimate of drug-likeness (QED) is 0.901. The molecule has 1 fully saturated rings. The third kappa shape index (κ3) is 3.44. The number of para-hydroxylation sites is 1. The summed E-state index contributed by atoms with van der Waals surface area (Å²) >= 11 is 1.74. The van der Waals surface area contributed by atoms with Crippen LogP contribution in [0.5, 0.6) is 0 Å². The maximum Gasteiger partial charge on any atom is 0.111 e. The van der Waals surface area contributed by atoms with Gasteiger partial charge in [-0.3, -0.25) is 0 Å². The minimum absolute atomic E-state index is 0.186. The molecule has 114 valence electrons. The molecule has 2 aromatic rings. The smallest absolute Gasteiger partial charge is 0.111 e. The van der Waals surface area contributed by atoms with Crippen LogP contribution in [0.15, 0.2) is 24.3 Å². The number of aromatic nitrogens is 1. The molecule has 2 N–H and O–H groups in total. The summed E-state index contributed by atoms with van der Waals surface area (Å²) in [7, 11) is 0. The van der Waals surface area contributed by atoms with Crippen LogP contribution in [0.3, 0.4) is 0 Å². The van der Waals surface area contributed by atoms with Gasteiger partial charge in [0.05, 0.1) is 21.9 Å². The lowest BCUT2D eigenvalue weighted by Gasteiger charge is -2.35. The zero-order chi connectivity index (χ0) is 14.9. The number of hydrogen-bond acceptors (Lipinski definition) is 4. The van der Waals surface area contributed by atoms with Crippen molar-refractivity contribution in [2.24, 2.45) is 5.92 Å². The molecule has 0 spiro atoms. The summed E-state index contributed by atoms with van der Waals surface area (Å²) in [6.45, 7) is 5.07. The first kappa shape index (κ1) is 14.9. The van der Waals surface area contributed by atoms with Gasteiger partial charge in [-0.05, 0) is 50.7 Å². The van der Waals surface area contributed by atoms with Crippen molar-refractivity contribution in [3.63, 3.8) is 0 Å². The highest BCUT2D eigenvalue weighted by molar-refractivity contribution is 7.18. The van der Waals surface area contributed by atoms with Gasteiger partial charge in [-0.1, -0.05) is 19.1 Å². The van der Waals surface area contributed by atoms with Gasteiger partial charge in [0.15, 0.2) is 0 Å². The van der Waals surface area contributed by atoms with Crippen molar-refractivity contribution in [1.29, 1.82) is 0 Å². The van der Waals surface area contributed by atoms with E-state index in [2.05, 4.69) is 36.3 Å². The Morgan fingerprint density at radius 1 is 1.38 bits per heavy atom. The first-order chi connectivity index (χ1) is 10.1. The van der Waals surface area contributed by atoms with Gasteiger partial charge in [0.1, 0.15) is 5.01 Å². The molecule has 0 aliphatic heterocycles. The summed E-state index contributed by atoms with van der Waals surface area (Å²) in [4.78, 5) is 4.69. The molecule has 1 aliphatic carbocycles. The van der Waals surface area contributed by atoms with E-state index in [1.165, 1.54) is 4.70 Å². The molecule has 1 atom stereocenters. The van der Waals surface area contributed by atoms with E-state index in [-0.39, 0.29) is 6.04 Å². The number of nitrogens with zero attached hydrogens (tertiary/aromatic N) is 1. The van der Waals surface area contributed by atoms with Gasteiger partial charge in [0, 0.05) is 6.54 Å². The molecule has 1 aromatic carbocycles. The summed E-state index contributed by atoms with van der Waals surface area (Å²) in [5.41, 5.74) is 0.536. The average Bonchev–Trinajstić information content (AvgIpc) is 2.92. The van der Waals surface area contributed by atoms with Crippen molar-refractivity contribution in [1.82, 2.24) is 10.3 Å². The van der Waals surface area contributed by atoms with Crippen LogP contribution in [-0.2, 0) is 0 Å². The van der Waals surface area contributed by atoms with E-state index in [1.807, 2.05) is 12.1 Å². The Morgan fingerprint density at radius 3 is 2.81 bits per heavy atom. The van der Waals surface area contributed by atoms with Crippen molar-refractivity contribution < 1.29 is 5.11 Å². The van der Waals surface area contributed by atoms with E-state index in [4.69, 9.17) is 0 Å². The SMILES string of the molecule is CC1CCC(O)(CNC(C)c2nc3ccccc3s2)CC1.